The van der Waals surface area contributed by atoms with E-state index in [2.05, 4.69) is 4.98 Å². The molecule has 16 heavy (non-hydrogen) atoms. The van der Waals surface area contributed by atoms with E-state index in [1.807, 2.05) is 29.7 Å². The molecule has 1 aliphatic rings. The summed E-state index contributed by atoms with van der Waals surface area (Å²) in [5.74, 6) is 0. The van der Waals surface area contributed by atoms with Gasteiger partial charge in [-0.3, -0.25) is 4.90 Å². The lowest BCUT2D eigenvalue weighted by Gasteiger charge is -2.12. The van der Waals surface area contributed by atoms with Crippen LogP contribution in [-0.4, -0.2) is 28.6 Å². The first kappa shape index (κ1) is 9.21. The Morgan fingerprint density at radius 1 is 1.50 bits per heavy atom. The highest BCUT2D eigenvalue weighted by Gasteiger charge is 2.23. The molecule has 1 aliphatic heterocycles. The number of carbonyl (C=O) groups is 1. The van der Waals surface area contributed by atoms with Crippen molar-refractivity contribution < 1.29 is 9.53 Å². The number of hydrogen-bond donors (Lipinski definition) is 0. The van der Waals surface area contributed by atoms with Crippen molar-refractivity contribution in [3.63, 3.8) is 0 Å². The summed E-state index contributed by atoms with van der Waals surface area (Å²) in [6.07, 6.45) is 3.44. The molecule has 1 saturated heterocycles. The zero-order chi connectivity index (χ0) is 11.1. The van der Waals surface area contributed by atoms with Crippen molar-refractivity contribution in [3.8, 4) is 0 Å². The number of carbonyl (C=O) groups excluding carboxylic acids is 1. The molecule has 5 heteroatoms. The Bertz CT molecular complexity index is 561. The van der Waals surface area contributed by atoms with E-state index in [0.29, 0.717) is 13.2 Å². The van der Waals surface area contributed by atoms with Crippen LogP contribution in [0.5, 0.6) is 0 Å². The Hall–Kier alpha value is -2.04. The second-order valence-corrected chi connectivity index (χ2v) is 3.78. The topological polar surface area (TPSA) is 46.8 Å². The molecule has 0 spiro atoms. The van der Waals surface area contributed by atoms with Crippen LogP contribution in [0.2, 0.25) is 0 Å². The van der Waals surface area contributed by atoms with Gasteiger partial charge in [-0.1, -0.05) is 0 Å². The molecule has 0 N–H and O–H groups in total. The number of fused-ring (bicyclic) bond motifs is 1. The first-order valence-corrected chi connectivity index (χ1v) is 5.14. The number of hydrogen-bond acceptors (Lipinski definition) is 3. The van der Waals surface area contributed by atoms with Gasteiger partial charge in [0.1, 0.15) is 12.3 Å². The standard InChI is InChI=1S/C11H11N3O2/c1-8-7-12-10-6-9(2-3-13(8)10)14-4-5-16-11(14)15/h2-3,6-7H,4-5H2,1H3. The van der Waals surface area contributed by atoms with Crippen LogP contribution in [0, 0.1) is 6.92 Å². The van der Waals surface area contributed by atoms with Crippen LogP contribution in [-0.2, 0) is 4.74 Å². The van der Waals surface area contributed by atoms with Gasteiger partial charge in [-0.15, -0.1) is 0 Å². The average Bonchev–Trinajstić information content (AvgIpc) is 2.86. The fraction of sp³-hybridized carbons (Fsp3) is 0.273. The number of anilines is 1. The van der Waals surface area contributed by atoms with Crippen molar-refractivity contribution in [3.05, 3.63) is 30.2 Å². The fourth-order valence-electron chi connectivity index (χ4n) is 1.89. The van der Waals surface area contributed by atoms with Gasteiger partial charge in [0.2, 0.25) is 0 Å². The summed E-state index contributed by atoms with van der Waals surface area (Å²) >= 11 is 0. The predicted octanol–water partition coefficient (Wildman–Crippen LogP) is 1.60. The van der Waals surface area contributed by atoms with Crippen LogP contribution in [0.3, 0.4) is 0 Å². The van der Waals surface area contributed by atoms with E-state index in [1.165, 1.54) is 0 Å². The van der Waals surface area contributed by atoms with E-state index in [1.54, 1.807) is 11.1 Å². The smallest absolute Gasteiger partial charge is 0.414 e. The molecule has 3 rings (SSSR count). The summed E-state index contributed by atoms with van der Waals surface area (Å²) in [7, 11) is 0. The zero-order valence-electron chi connectivity index (χ0n) is 8.88. The minimum atomic E-state index is -0.285. The Kier molecular flexibility index (Phi) is 1.86. The molecule has 0 aliphatic carbocycles. The number of pyridine rings is 1. The van der Waals surface area contributed by atoms with Gasteiger partial charge >= 0.3 is 6.09 Å². The van der Waals surface area contributed by atoms with E-state index in [4.69, 9.17) is 4.74 Å². The number of imidazole rings is 1. The van der Waals surface area contributed by atoms with Crippen LogP contribution < -0.4 is 4.90 Å². The highest BCUT2D eigenvalue weighted by molar-refractivity contribution is 5.89. The molecule has 0 aromatic carbocycles. The molecule has 0 atom stereocenters. The van der Waals surface area contributed by atoms with Crippen molar-refractivity contribution in [1.29, 1.82) is 0 Å². The van der Waals surface area contributed by atoms with E-state index in [-0.39, 0.29) is 6.09 Å². The summed E-state index contributed by atoms with van der Waals surface area (Å²) in [5, 5.41) is 0. The quantitative estimate of drug-likeness (QED) is 0.728. The number of amides is 1. The van der Waals surface area contributed by atoms with Gasteiger partial charge in [-0.25, -0.2) is 9.78 Å². The molecule has 0 unspecified atom stereocenters. The number of aromatic nitrogens is 2. The number of nitrogens with zero attached hydrogens (tertiary/aromatic N) is 3. The minimum Gasteiger partial charge on any atom is -0.447 e. The SMILES string of the molecule is Cc1cnc2cc(N3CCOC3=O)ccn12. The first-order chi connectivity index (χ1) is 7.75. The van der Waals surface area contributed by atoms with Crippen molar-refractivity contribution in [1.82, 2.24) is 9.38 Å². The summed E-state index contributed by atoms with van der Waals surface area (Å²) in [6.45, 7) is 3.05. The summed E-state index contributed by atoms with van der Waals surface area (Å²) in [6, 6.07) is 3.79. The second kappa shape index (κ2) is 3.23. The first-order valence-electron chi connectivity index (χ1n) is 5.14. The van der Waals surface area contributed by atoms with E-state index in [0.717, 1.165) is 17.0 Å². The largest absolute Gasteiger partial charge is 0.447 e. The summed E-state index contributed by atoms with van der Waals surface area (Å²) < 4.78 is 6.87. The van der Waals surface area contributed by atoms with Gasteiger partial charge in [0, 0.05) is 24.2 Å². The molecule has 2 aromatic rings. The molecule has 0 bridgehead atoms. The molecule has 0 radical (unpaired) electrons. The minimum absolute atomic E-state index is 0.285. The van der Waals surface area contributed by atoms with Gasteiger partial charge in [-0.2, -0.15) is 0 Å². The van der Waals surface area contributed by atoms with Crippen LogP contribution in [0.4, 0.5) is 10.5 Å². The Morgan fingerprint density at radius 2 is 2.38 bits per heavy atom. The van der Waals surface area contributed by atoms with E-state index in [9.17, 15) is 4.79 Å². The monoisotopic (exact) mass is 217 g/mol. The Morgan fingerprint density at radius 3 is 3.12 bits per heavy atom. The predicted molar refractivity (Wildman–Crippen MR) is 58.6 cm³/mol. The van der Waals surface area contributed by atoms with Gasteiger partial charge in [0.25, 0.3) is 0 Å². The molecule has 82 valence electrons. The molecule has 5 nitrogen and oxygen atoms in total. The Balaban J connectivity index is 2.08. The van der Waals surface area contributed by atoms with Crippen molar-refractivity contribution >= 4 is 17.4 Å². The highest BCUT2D eigenvalue weighted by Crippen LogP contribution is 2.20. The van der Waals surface area contributed by atoms with Gasteiger partial charge < -0.3 is 9.14 Å². The van der Waals surface area contributed by atoms with Crippen LogP contribution in [0.1, 0.15) is 5.69 Å². The third-order valence-electron chi connectivity index (χ3n) is 2.75. The molecule has 3 heterocycles. The maximum atomic E-state index is 11.4. The molecule has 1 fully saturated rings. The number of cyclic esters (lactones) is 1. The summed E-state index contributed by atoms with van der Waals surface area (Å²) in [5.41, 5.74) is 2.75. The molecule has 2 aromatic heterocycles. The lowest BCUT2D eigenvalue weighted by Crippen LogP contribution is -2.23. The number of aryl methyl sites for hydroxylation is 1. The molecule has 1 amide bonds. The van der Waals surface area contributed by atoms with Crippen molar-refractivity contribution in [2.75, 3.05) is 18.1 Å². The van der Waals surface area contributed by atoms with Crippen LogP contribution in [0.15, 0.2) is 24.5 Å². The maximum Gasteiger partial charge on any atom is 0.414 e. The van der Waals surface area contributed by atoms with Crippen molar-refractivity contribution in [2.24, 2.45) is 0 Å². The van der Waals surface area contributed by atoms with Gasteiger partial charge in [0.05, 0.1) is 12.2 Å². The van der Waals surface area contributed by atoms with Crippen LogP contribution >= 0.6 is 0 Å². The van der Waals surface area contributed by atoms with Crippen LogP contribution in [0.25, 0.3) is 5.65 Å². The highest BCUT2D eigenvalue weighted by atomic mass is 16.6. The third kappa shape index (κ3) is 1.25. The van der Waals surface area contributed by atoms with E-state index < -0.39 is 0 Å². The summed E-state index contributed by atoms with van der Waals surface area (Å²) in [4.78, 5) is 17.3. The fourth-order valence-corrected chi connectivity index (χ4v) is 1.89. The average molecular weight is 217 g/mol. The molecular weight excluding hydrogens is 206 g/mol. The molecule has 0 saturated carbocycles. The number of ether oxygens (including phenoxy) is 1. The van der Waals surface area contributed by atoms with Gasteiger partial charge in [0.15, 0.2) is 0 Å². The molecular formula is C11H11N3O2. The Labute approximate surface area is 92.3 Å². The maximum absolute atomic E-state index is 11.4. The second-order valence-electron chi connectivity index (χ2n) is 3.78. The normalized spacial score (nSPS) is 15.8. The van der Waals surface area contributed by atoms with Crippen molar-refractivity contribution in [2.45, 2.75) is 6.92 Å². The van der Waals surface area contributed by atoms with Gasteiger partial charge in [-0.05, 0) is 13.0 Å². The number of rotatable bonds is 1. The lowest BCUT2D eigenvalue weighted by atomic mass is 10.3. The third-order valence-corrected chi connectivity index (χ3v) is 2.75. The lowest BCUT2D eigenvalue weighted by molar-refractivity contribution is 0.181. The van der Waals surface area contributed by atoms with E-state index >= 15 is 0 Å². The zero-order valence-corrected chi connectivity index (χ0v) is 8.88.